The highest BCUT2D eigenvalue weighted by atomic mass is 19.3. The fourth-order valence-corrected chi connectivity index (χ4v) is 1.28. The van der Waals surface area contributed by atoms with Crippen LogP contribution in [0.2, 0.25) is 0 Å². The van der Waals surface area contributed by atoms with Crippen LogP contribution >= 0.6 is 0 Å². The Morgan fingerprint density at radius 3 is 2.69 bits per heavy atom. The second-order valence-electron chi connectivity index (χ2n) is 3.11. The Kier molecular flexibility index (Phi) is 3.76. The van der Waals surface area contributed by atoms with Gasteiger partial charge in [-0.25, -0.2) is 13.6 Å². The maximum atomic E-state index is 12.5. The van der Waals surface area contributed by atoms with Gasteiger partial charge < -0.3 is 9.72 Å². The molecule has 0 atom stereocenters. The van der Waals surface area contributed by atoms with Gasteiger partial charge >= 0.3 is 5.97 Å². The van der Waals surface area contributed by atoms with Crippen LogP contribution in [0, 0.1) is 6.92 Å². The standard InChI is InChI=1S/C10H11F2NO3/c1-3-16-10(15)8-5(2)6(9(11)12)4-7(14)13-8/h4,9H,3H2,1-2H3,(H,13,14). The number of hydrogen-bond donors (Lipinski definition) is 1. The number of esters is 1. The molecule has 0 aliphatic rings. The Labute approximate surface area is 90.2 Å². The van der Waals surface area contributed by atoms with Gasteiger partial charge in [-0.05, 0) is 19.4 Å². The Morgan fingerprint density at radius 2 is 2.19 bits per heavy atom. The quantitative estimate of drug-likeness (QED) is 0.807. The highest BCUT2D eigenvalue weighted by Crippen LogP contribution is 2.22. The summed E-state index contributed by atoms with van der Waals surface area (Å²) in [6.07, 6.45) is -2.80. The number of aromatic amines is 1. The first-order valence-electron chi connectivity index (χ1n) is 4.66. The number of alkyl halides is 2. The van der Waals surface area contributed by atoms with E-state index < -0.39 is 23.5 Å². The van der Waals surface area contributed by atoms with Gasteiger partial charge in [0.15, 0.2) is 0 Å². The van der Waals surface area contributed by atoms with E-state index in [1.165, 1.54) is 6.92 Å². The number of halogens is 2. The van der Waals surface area contributed by atoms with Crippen molar-refractivity contribution in [3.05, 3.63) is 33.2 Å². The minimum absolute atomic E-state index is 0.0352. The van der Waals surface area contributed by atoms with Crippen molar-refractivity contribution in [3.8, 4) is 0 Å². The molecule has 1 aromatic rings. The molecule has 6 heteroatoms. The number of rotatable bonds is 3. The van der Waals surface area contributed by atoms with E-state index in [1.54, 1.807) is 6.92 Å². The first kappa shape index (κ1) is 12.4. The lowest BCUT2D eigenvalue weighted by molar-refractivity contribution is 0.0517. The zero-order valence-electron chi connectivity index (χ0n) is 8.84. The number of aromatic nitrogens is 1. The highest BCUT2D eigenvalue weighted by molar-refractivity contribution is 5.89. The predicted octanol–water partition coefficient (Wildman–Crippen LogP) is 1.80. The van der Waals surface area contributed by atoms with Crippen molar-refractivity contribution in [2.75, 3.05) is 6.61 Å². The van der Waals surface area contributed by atoms with E-state index in [1.807, 2.05) is 0 Å². The van der Waals surface area contributed by atoms with Crippen LogP contribution in [0.25, 0.3) is 0 Å². The highest BCUT2D eigenvalue weighted by Gasteiger charge is 2.19. The Morgan fingerprint density at radius 1 is 1.56 bits per heavy atom. The molecule has 1 rings (SSSR count). The second kappa shape index (κ2) is 4.87. The van der Waals surface area contributed by atoms with E-state index >= 15 is 0 Å². The average molecular weight is 231 g/mol. The van der Waals surface area contributed by atoms with Crippen LogP contribution in [0.4, 0.5) is 8.78 Å². The summed E-state index contributed by atoms with van der Waals surface area (Å²) in [6.45, 7) is 3.03. The fraction of sp³-hybridized carbons (Fsp3) is 0.400. The number of H-pyrrole nitrogens is 1. The molecule has 88 valence electrons. The average Bonchev–Trinajstić information content (AvgIpc) is 2.20. The molecule has 0 saturated carbocycles. The zero-order chi connectivity index (χ0) is 12.3. The number of ether oxygens (including phenoxy) is 1. The SMILES string of the molecule is CCOC(=O)c1[nH]c(=O)cc(C(F)F)c1C. The number of pyridine rings is 1. The maximum absolute atomic E-state index is 12.5. The third-order valence-electron chi connectivity index (χ3n) is 2.06. The topological polar surface area (TPSA) is 59.2 Å². The van der Waals surface area contributed by atoms with Gasteiger partial charge in [0, 0.05) is 11.6 Å². The molecule has 0 aromatic carbocycles. The molecule has 1 N–H and O–H groups in total. The summed E-state index contributed by atoms with van der Waals surface area (Å²) in [6, 6.07) is 0.780. The van der Waals surface area contributed by atoms with Gasteiger partial charge in [0.05, 0.1) is 6.61 Å². The van der Waals surface area contributed by atoms with E-state index in [9.17, 15) is 18.4 Å². The van der Waals surface area contributed by atoms with E-state index in [0.29, 0.717) is 0 Å². The van der Waals surface area contributed by atoms with Crippen LogP contribution in [0.15, 0.2) is 10.9 Å². The molecule has 0 fully saturated rings. The van der Waals surface area contributed by atoms with Crippen LogP contribution in [0.1, 0.15) is 35.0 Å². The van der Waals surface area contributed by atoms with E-state index in [0.717, 1.165) is 6.07 Å². The second-order valence-corrected chi connectivity index (χ2v) is 3.11. The molecular formula is C10H11F2NO3. The normalized spacial score (nSPS) is 10.6. The lowest BCUT2D eigenvalue weighted by Gasteiger charge is -2.09. The first-order valence-corrected chi connectivity index (χ1v) is 4.66. The van der Waals surface area contributed by atoms with Gasteiger partial charge in [0.2, 0.25) is 5.56 Å². The van der Waals surface area contributed by atoms with Crippen molar-refractivity contribution in [3.63, 3.8) is 0 Å². The Hall–Kier alpha value is -1.72. The summed E-state index contributed by atoms with van der Waals surface area (Å²) in [5.41, 5.74) is -1.38. The molecule has 0 amide bonds. The van der Waals surface area contributed by atoms with Crippen molar-refractivity contribution >= 4 is 5.97 Å². The number of hydrogen-bond acceptors (Lipinski definition) is 3. The summed E-state index contributed by atoms with van der Waals surface area (Å²) in [5, 5.41) is 0. The molecule has 0 aliphatic carbocycles. The van der Waals surface area contributed by atoms with Gasteiger partial charge in [0.25, 0.3) is 6.43 Å². The predicted molar refractivity (Wildman–Crippen MR) is 52.7 cm³/mol. The van der Waals surface area contributed by atoms with E-state index in [-0.39, 0.29) is 17.9 Å². The lowest BCUT2D eigenvalue weighted by atomic mass is 10.1. The van der Waals surface area contributed by atoms with Crippen LogP contribution in [-0.2, 0) is 4.74 Å². The largest absolute Gasteiger partial charge is 0.461 e. The molecule has 0 aliphatic heterocycles. The number of carbonyl (C=O) groups is 1. The summed E-state index contributed by atoms with van der Waals surface area (Å²) < 4.78 is 29.7. The smallest absolute Gasteiger partial charge is 0.355 e. The van der Waals surface area contributed by atoms with Gasteiger partial charge in [0.1, 0.15) is 5.69 Å². The molecule has 4 nitrogen and oxygen atoms in total. The zero-order valence-corrected chi connectivity index (χ0v) is 8.84. The van der Waals surface area contributed by atoms with Gasteiger partial charge in [-0.3, -0.25) is 4.79 Å². The van der Waals surface area contributed by atoms with Crippen molar-refractivity contribution in [2.45, 2.75) is 20.3 Å². The molecule has 1 heterocycles. The maximum Gasteiger partial charge on any atom is 0.355 e. The molecule has 0 bridgehead atoms. The molecule has 0 unspecified atom stereocenters. The van der Waals surface area contributed by atoms with Crippen molar-refractivity contribution in [2.24, 2.45) is 0 Å². The lowest BCUT2D eigenvalue weighted by Crippen LogP contribution is -2.18. The third-order valence-corrected chi connectivity index (χ3v) is 2.06. The van der Waals surface area contributed by atoms with Crippen LogP contribution in [0.5, 0.6) is 0 Å². The molecule has 0 spiro atoms. The number of carbonyl (C=O) groups excluding carboxylic acids is 1. The Bertz CT molecular complexity index is 454. The van der Waals surface area contributed by atoms with Crippen molar-refractivity contribution < 1.29 is 18.3 Å². The van der Waals surface area contributed by atoms with Crippen LogP contribution in [-0.4, -0.2) is 17.6 Å². The van der Waals surface area contributed by atoms with E-state index in [4.69, 9.17) is 0 Å². The molecule has 0 saturated heterocycles. The third kappa shape index (κ3) is 2.44. The number of nitrogens with one attached hydrogen (secondary N) is 1. The van der Waals surface area contributed by atoms with Crippen LogP contribution < -0.4 is 5.56 Å². The summed E-state index contributed by atoms with van der Waals surface area (Å²) in [4.78, 5) is 24.6. The minimum atomic E-state index is -2.80. The fourth-order valence-electron chi connectivity index (χ4n) is 1.28. The van der Waals surface area contributed by atoms with Crippen molar-refractivity contribution in [1.82, 2.24) is 4.98 Å². The van der Waals surface area contributed by atoms with E-state index in [2.05, 4.69) is 9.72 Å². The summed E-state index contributed by atoms with van der Waals surface area (Å²) >= 11 is 0. The molecule has 16 heavy (non-hydrogen) atoms. The summed E-state index contributed by atoms with van der Waals surface area (Å²) in [7, 11) is 0. The van der Waals surface area contributed by atoms with Crippen LogP contribution in [0.3, 0.4) is 0 Å². The monoisotopic (exact) mass is 231 g/mol. The summed E-state index contributed by atoms with van der Waals surface area (Å²) in [5.74, 6) is -0.806. The van der Waals surface area contributed by atoms with Crippen molar-refractivity contribution in [1.29, 1.82) is 0 Å². The Balaban J connectivity index is 3.29. The first-order chi connectivity index (χ1) is 7.47. The molecule has 1 aromatic heterocycles. The van der Waals surface area contributed by atoms with Gasteiger partial charge in [-0.1, -0.05) is 0 Å². The molecular weight excluding hydrogens is 220 g/mol. The van der Waals surface area contributed by atoms with Gasteiger partial charge in [-0.2, -0.15) is 0 Å². The molecule has 0 radical (unpaired) electrons. The minimum Gasteiger partial charge on any atom is -0.461 e. The van der Waals surface area contributed by atoms with Gasteiger partial charge in [-0.15, -0.1) is 0 Å².